The van der Waals surface area contributed by atoms with E-state index in [4.69, 9.17) is 9.47 Å². The summed E-state index contributed by atoms with van der Waals surface area (Å²) in [5.74, 6) is -0.320. The fourth-order valence-corrected chi connectivity index (χ4v) is 6.35. The summed E-state index contributed by atoms with van der Waals surface area (Å²) in [7, 11) is 4.30. The van der Waals surface area contributed by atoms with Crippen molar-refractivity contribution in [3.8, 4) is 0 Å². The number of allylic oxidation sites excluding steroid dienone is 8. The molecule has 0 amide bonds. The van der Waals surface area contributed by atoms with Gasteiger partial charge in [-0.05, 0) is 84.7 Å². The van der Waals surface area contributed by atoms with Crippen LogP contribution in [0.2, 0.25) is 0 Å². The summed E-state index contributed by atoms with van der Waals surface area (Å²) in [6.07, 6.45) is 53.3. The fraction of sp³-hybridized carbons (Fsp3) is 0.814. The lowest BCUT2D eigenvalue weighted by molar-refractivity contribution is -0.180. The Hall–Kier alpha value is -1.16. The average Bonchev–Trinajstić information content (AvgIpc) is 3.46. The Morgan fingerprint density at radius 2 is 0.891 bits per heavy atom. The predicted molar refractivity (Wildman–Crippen MR) is 205 cm³/mol. The first-order chi connectivity index (χ1) is 22.6. The molecule has 0 N–H and O–H groups in total. The second-order valence-electron chi connectivity index (χ2n) is 14.3. The lowest BCUT2D eigenvalue weighted by Crippen LogP contribution is -2.31. The van der Waals surface area contributed by atoms with Crippen LogP contribution in [0, 0.1) is 0 Å². The van der Waals surface area contributed by atoms with E-state index in [0.717, 1.165) is 32.4 Å². The van der Waals surface area contributed by atoms with Gasteiger partial charge in [-0.1, -0.05) is 152 Å². The highest BCUT2D eigenvalue weighted by Crippen LogP contribution is 2.35. The van der Waals surface area contributed by atoms with Gasteiger partial charge >= 0.3 is 0 Å². The molecule has 46 heavy (non-hydrogen) atoms. The van der Waals surface area contributed by atoms with Crippen molar-refractivity contribution in [2.75, 3.05) is 27.2 Å². The lowest BCUT2D eigenvalue weighted by atomic mass is 9.98. The SMILES string of the molecule is CCCCCC/C=C\C=C/CCCCCCCCC1(CCCCCCCC/C=C\C=C/CCCCCC)OCC(CCN(C)C)O1. The molecule has 1 aliphatic rings. The second-order valence-corrected chi connectivity index (χ2v) is 14.3. The fourth-order valence-electron chi connectivity index (χ4n) is 6.35. The first-order valence-corrected chi connectivity index (χ1v) is 20.2. The Bertz CT molecular complexity index is 704. The Kier molecular flexibility index (Phi) is 30.2. The summed E-state index contributed by atoms with van der Waals surface area (Å²) in [6.45, 7) is 6.39. The molecule has 1 rings (SSSR count). The molecule has 0 aromatic heterocycles. The van der Waals surface area contributed by atoms with Crippen LogP contribution in [0.15, 0.2) is 48.6 Å². The summed E-state index contributed by atoms with van der Waals surface area (Å²) in [5.41, 5.74) is 0. The van der Waals surface area contributed by atoms with Crippen LogP contribution in [0.5, 0.6) is 0 Å². The van der Waals surface area contributed by atoms with Crippen LogP contribution >= 0.6 is 0 Å². The Labute approximate surface area is 288 Å². The molecule has 3 heteroatoms. The number of nitrogens with zero attached hydrogens (tertiary/aromatic N) is 1. The molecule has 0 saturated carbocycles. The minimum Gasteiger partial charge on any atom is -0.347 e. The van der Waals surface area contributed by atoms with E-state index in [1.165, 1.54) is 154 Å². The van der Waals surface area contributed by atoms with Gasteiger partial charge in [0.25, 0.3) is 0 Å². The molecular weight excluding hydrogens is 562 g/mol. The summed E-state index contributed by atoms with van der Waals surface area (Å²) in [4.78, 5) is 2.26. The molecule has 0 aromatic carbocycles. The zero-order valence-electron chi connectivity index (χ0n) is 31.5. The van der Waals surface area contributed by atoms with Crippen LogP contribution in [0.25, 0.3) is 0 Å². The molecule has 1 saturated heterocycles. The van der Waals surface area contributed by atoms with E-state index in [2.05, 4.69) is 81.5 Å². The minimum atomic E-state index is -0.320. The number of unbranched alkanes of at least 4 members (excludes halogenated alkanes) is 20. The topological polar surface area (TPSA) is 21.7 Å². The molecule has 1 heterocycles. The first kappa shape index (κ1) is 42.9. The van der Waals surface area contributed by atoms with Crippen molar-refractivity contribution in [3.63, 3.8) is 0 Å². The van der Waals surface area contributed by atoms with Gasteiger partial charge in [0, 0.05) is 19.4 Å². The van der Waals surface area contributed by atoms with Gasteiger partial charge in [0.2, 0.25) is 0 Å². The van der Waals surface area contributed by atoms with Gasteiger partial charge in [-0.2, -0.15) is 0 Å². The molecule has 3 nitrogen and oxygen atoms in total. The minimum absolute atomic E-state index is 0.260. The van der Waals surface area contributed by atoms with E-state index < -0.39 is 0 Å². The van der Waals surface area contributed by atoms with Crippen LogP contribution in [-0.2, 0) is 9.47 Å². The summed E-state index contributed by atoms with van der Waals surface area (Å²) < 4.78 is 13.1. The highest BCUT2D eigenvalue weighted by atomic mass is 16.7. The number of hydrogen-bond donors (Lipinski definition) is 0. The van der Waals surface area contributed by atoms with Crippen molar-refractivity contribution in [3.05, 3.63) is 48.6 Å². The highest BCUT2D eigenvalue weighted by Gasteiger charge is 2.40. The van der Waals surface area contributed by atoms with Crippen molar-refractivity contribution in [2.45, 2.75) is 199 Å². The van der Waals surface area contributed by atoms with E-state index in [9.17, 15) is 0 Å². The Balaban J connectivity index is 2.17. The van der Waals surface area contributed by atoms with E-state index in [1.54, 1.807) is 0 Å². The third-order valence-corrected chi connectivity index (χ3v) is 9.38. The maximum absolute atomic E-state index is 6.67. The van der Waals surface area contributed by atoms with E-state index in [0.29, 0.717) is 0 Å². The van der Waals surface area contributed by atoms with Gasteiger partial charge in [-0.15, -0.1) is 0 Å². The predicted octanol–water partition coefficient (Wildman–Crippen LogP) is 13.5. The van der Waals surface area contributed by atoms with Crippen LogP contribution in [0.3, 0.4) is 0 Å². The summed E-state index contributed by atoms with van der Waals surface area (Å²) in [5, 5.41) is 0. The van der Waals surface area contributed by atoms with E-state index >= 15 is 0 Å². The number of ether oxygens (including phenoxy) is 2. The zero-order valence-corrected chi connectivity index (χ0v) is 31.5. The van der Waals surface area contributed by atoms with E-state index in [-0.39, 0.29) is 11.9 Å². The molecule has 0 aliphatic carbocycles. The van der Waals surface area contributed by atoms with Crippen molar-refractivity contribution in [1.82, 2.24) is 4.90 Å². The smallest absolute Gasteiger partial charge is 0.168 e. The molecular formula is C43H79NO2. The largest absolute Gasteiger partial charge is 0.347 e. The third kappa shape index (κ3) is 26.9. The molecule has 1 aliphatic heterocycles. The molecule has 268 valence electrons. The van der Waals surface area contributed by atoms with Gasteiger partial charge in [0.05, 0.1) is 12.7 Å². The lowest BCUT2D eigenvalue weighted by Gasteiger charge is -2.29. The highest BCUT2D eigenvalue weighted by molar-refractivity contribution is 5.02. The Morgan fingerprint density at radius 1 is 0.522 bits per heavy atom. The third-order valence-electron chi connectivity index (χ3n) is 9.38. The molecule has 1 unspecified atom stereocenters. The molecule has 1 atom stereocenters. The van der Waals surface area contributed by atoms with E-state index in [1.807, 2.05) is 0 Å². The standard InChI is InChI=1S/C43H79NO2/c1-5-7-9-11-13-15-17-19-21-23-25-27-29-31-33-35-38-43(45-41-42(46-43)37-40-44(3)4)39-36-34-32-30-28-26-24-22-20-18-16-14-12-10-8-6-2/h15-22,42H,5-14,23-41H2,1-4H3/b17-15-,18-16-,21-19-,22-20-. The number of rotatable bonds is 33. The molecule has 0 spiro atoms. The Morgan fingerprint density at radius 3 is 1.28 bits per heavy atom. The van der Waals surface area contributed by atoms with Crippen LogP contribution in [0.4, 0.5) is 0 Å². The van der Waals surface area contributed by atoms with Crippen LogP contribution < -0.4 is 0 Å². The van der Waals surface area contributed by atoms with Gasteiger partial charge in [-0.3, -0.25) is 0 Å². The number of hydrogen-bond acceptors (Lipinski definition) is 3. The van der Waals surface area contributed by atoms with Gasteiger partial charge < -0.3 is 14.4 Å². The maximum Gasteiger partial charge on any atom is 0.168 e. The first-order valence-electron chi connectivity index (χ1n) is 20.2. The van der Waals surface area contributed by atoms with Crippen LogP contribution in [-0.4, -0.2) is 44.0 Å². The van der Waals surface area contributed by atoms with Crippen molar-refractivity contribution >= 4 is 0 Å². The molecule has 0 radical (unpaired) electrons. The molecule has 0 bridgehead atoms. The van der Waals surface area contributed by atoms with Crippen molar-refractivity contribution < 1.29 is 9.47 Å². The van der Waals surface area contributed by atoms with Crippen LogP contribution in [0.1, 0.15) is 187 Å². The van der Waals surface area contributed by atoms with Crippen molar-refractivity contribution in [1.29, 1.82) is 0 Å². The van der Waals surface area contributed by atoms with Gasteiger partial charge in [0.15, 0.2) is 5.79 Å². The normalized spacial score (nSPS) is 16.9. The molecule has 1 fully saturated rings. The van der Waals surface area contributed by atoms with Crippen molar-refractivity contribution in [2.24, 2.45) is 0 Å². The monoisotopic (exact) mass is 642 g/mol. The average molecular weight is 642 g/mol. The van der Waals surface area contributed by atoms with Gasteiger partial charge in [-0.25, -0.2) is 0 Å². The quantitative estimate of drug-likeness (QED) is 0.0526. The molecule has 0 aromatic rings. The second kappa shape index (κ2) is 32.4. The summed E-state index contributed by atoms with van der Waals surface area (Å²) in [6, 6.07) is 0. The summed E-state index contributed by atoms with van der Waals surface area (Å²) >= 11 is 0. The van der Waals surface area contributed by atoms with Gasteiger partial charge in [0.1, 0.15) is 0 Å². The maximum atomic E-state index is 6.67. The zero-order chi connectivity index (χ0) is 33.2.